The summed E-state index contributed by atoms with van der Waals surface area (Å²) < 4.78 is 231. The van der Waals surface area contributed by atoms with Crippen LogP contribution in [0.3, 0.4) is 0 Å². The van der Waals surface area contributed by atoms with Crippen LogP contribution in [0.15, 0.2) is 309 Å². The van der Waals surface area contributed by atoms with E-state index >= 15 is 52.7 Å². The average Bonchev–Trinajstić information content (AvgIpc) is 1.53. The van der Waals surface area contributed by atoms with Crippen molar-refractivity contribution in [2.24, 2.45) is 0 Å². The van der Waals surface area contributed by atoms with E-state index in [1.807, 2.05) is 42.5 Å². The average molecular weight is 1650 g/mol. The summed E-state index contributed by atoms with van der Waals surface area (Å²) in [5.74, 6) is 0. The van der Waals surface area contributed by atoms with E-state index in [0.29, 0.717) is 172 Å². The van der Waals surface area contributed by atoms with Crippen molar-refractivity contribution in [3.63, 3.8) is 0 Å². The van der Waals surface area contributed by atoms with Gasteiger partial charge in [0.1, 0.15) is 33.5 Å². The fourth-order valence-electron chi connectivity index (χ4n) is 19.6. The van der Waals surface area contributed by atoms with Gasteiger partial charge < -0.3 is 35.9 Å². The number of hydrogen-bond acceptors (Lipinski definition) is 6. The summed E-state index contributed by atoms with van der Waals surface area (Å²) in [5.41, 5.74) is -5.62. The van der Waals surface area contributed by atoms with Gasteiger partial charge in [0.15, 0.2) is 11.2 Å². The molecule has 0 radical (unpaired) electrons. The highest BCUT2D eigenvalue weighted by Crippen LogP contribution is 2.57. The number of aromatic nitrogens is 4. The van der Waals surface area contributed by atoms with Crippen molar-refractivity contribution in [3.8, 4) is 68.3 Å². The minimum atomic E-state index is -5.46. The quantitative estimate of drug-likeness (QED) is 0.147. The van der Waals surface area contributed by atoms with E-state index in [9.17, 15) is 10.5 Å². The number of nitriles is 2. The molecule has 22 heteroatoms. The molecular weight excluding hydrogens is 1600 g/mol. The van der Waals surface area contributed by atoms with E-state index in [4.69, 9.17) is 17.7 Å². The summed E-state index contributed by atoms with van der Waals surface area (Å²) in [7, 11) is 0. The Labute approximate surface area is 688 Å². The Morgan fingerprint density at radius 2 is 0.524 bits per heavy atom. The zero-order valence-corrected chi connectivity index (χ0v) is 63.6. The summed E-state index contributed by atoms with van der Waals surface area (Å²) in [4.78, 5) is 0. The molecule has 0 unspecified atom stereocenters. The molecule has 0 atom stereocenters. The highest BCUT2D eigenvalue weighted by molar-refractivity contribution is 6.29. The number of nitrogens with zero attached hydrogens (tertiary/aromatic N) is 6. The second-order valence-corrected chi connectivity index (χ2v) is 31.0. The number of furan rings is 4. The number of rotatable bonds is 7. The van der Waals surface area contributed by atoms with Crippen molar-refractivity contribution in [2.45, 2.75) is 24.7 Å². The van der Waals surface area contributed by atoms with Gasteiger partial charge >= 0.3 is 24.7 Å². The Hall–Kier alpha value is -15.9. The van der Waals surface area contributed by atoms with Crippen molar-refractivity contribution < 1.29 is 70.4 Å². The summed E-state index contributed by atoms with van der Waals surface area (Å²) >= 11 is 0. The highest BCUT2D eigenvalue weighted by Gasteiger charge is 2.46. The van der Waals surface area contributed by atoms with Gasteiger partial charge in [0.05, 0.1) is 123 Å². The van der Waals surface area contributed by atoms with Crippen molar-refractivity contribution in [3.05, 3.63) is 325 Å². The molecule has 10 nitrogen and oxygen atoms in total. The Kier molecular flexibility index (Phi) is 14.7. The first-order valence-corrected chi connectivity index (χ1v) is 39.2. The minimum absolute atomic E-state index is 0.140. The van der Waals surface area contributed by atoms with Gasteiger partial charge in [-0.05, 0) is 151 Å². The molecule has 0 aliphatic rings. The first-order valence-electron chi connectivity index (χ1n) is 39.2. The third-order valence-electron chi connectivity index (χ3n) is 24.5. The fraction of sp³-hybridized carbons (Fsp3) is 0.0392. The summed E-state index contributed by atoms with van der Waals surface area (Å²) in [6.45, 7) is 0. The maximum Gasteiger partial charge on any atom is 0.417 e. The van der Waals surface area contributed by atoms with Crippen LogP contribution in [-0.2, 0) is 24.7 Å². The number of benzene rings is 16. The first-order chi connectivity index (χ1) is 60.0. The second-order valence-electron chi connectivity index (χ2n) is 31.0. The van der Waals surface area contributed by atoms with E-state index in [1.54, 1.807) is 206 Å². The van der Waals surface area contributed by atoms with Gasteiger partial charge in [-0.3, -0.25) is 0 Å². The second kappa shape index (κ2) is 25.3. The van der Waals surface area contributed by atoms with Gasteiger partial charge in [-0.2, -0.15) is 63.2 Å². The summed E-state index contributed by atoms with van der Waals surface area (Å²) in [5, 5.41) is 31.4. The number of halogens is 12. The molecule has 0 amide bonds. The van der Waals surface area contributed by atoms with Crippen molar-refractivity contribution in [1.29, 1.82) is 10.5 Å². The Morgan fingerprint density at radius 1 is 0.226 bits per heavy atom. The van der Waals surface area contributed by atoms with Gasteiger partial charge in [0, 0.05) is 97.7 Å². The molecule has 0 aliphatic heterocycles. The maximum atomic E-state index is 16.6. The zero-order chi connectivity index (χ0) is 84.2. The Bertz CT molecular complexity index is 8940. The largest absolute Gasteiger partial charge is 0.456 e. The molecule has 8 heterocycles. The van der Waals surface area contributed by atoms with Crippen LogP contribution in [0.25, 0.3) is 231 Å². The van der Waals surface area contributed by atoms with Gasteiger partial charge in [0.2, 0.25) is 0 Å². The third kappa shape index (κ3) is 10.1. The van der Waals surface area contributed by atoms with Crippen LogP contribution < -0.4 is 0 Å². The summed E-state index contributed by atoms with van der Waals surface area (Å²) in [6, 6.07) is 80.6. The molecule has 0 bridgehead atoms. The van der Waals surface area contributed by atoms with Crippen molar-refractivity contribution in [1.82, 2.24) is 18.3 Å². The molecule has 0 spiro atoms. The Morgan fingerprint density at radius 3 is 0.935 bits per heavy atom. The molecule has 24 rings (SSSR count). The van der Waals surface area contributed by atoms with Gasteiger partial charge in [-0.1, -0.05) is 152 Å². The predicted molar refractivity (Wildman–Crippen MR) is 459 cm³/mol. The van der Waals surface area contributed by atoms with Gasteiger partial charge in [-0.25, -0.2) is 0 Å². The van der Waals surface area contributed by atoms with Crippen molar-refractivity contribution in [2.75, 3.05) is 0 Å². The molecule has 124 heavy (non-hydrogen) atoms. The molecule has 0 fully saturated rings. The van der Waals surface area contributed by atoms with E-state index in [1.165, 1.54) is 24.3 Å². The third-order valence-corrected chi connectivity index (χ3v) is 24.5. The lowest BCUT2D eigenvalue weighted by molar-refractivity contribution is -0.143. The molecule has 0 saturated carbocycles. The normalized spacial score (nSPS) is 12.8. The van der Waals surface area contributed by atoms with Crippen LogP contribution in [0.1, 0.15) is 33.4 Å². The predicted octanol–water partition coefficient (Wildman–Crippen LogP) is 30.5. The van der Waals surface area contributed by atoms with Gasteiger partial charge in [0.25, 0.3) is 0 Å². The van der Waals surface area contributed by atoms with Gasteiger partial charge in [-0.15, -0.1) is 0 Å². The molecule has 24 aromatic rings. The highest BCUT2D eigenvalue weighted by atomic mass is 19.4. The molecule has 8 aromatic heterocycles. The fourth-order valence-corrected chi connectivity index (χ4v) is 19.6. The monoisotopic (exact) mass is 1650 g/mol. The number of para-hydroxylation sites is 6. The minimum Gasteiger partial charge on any atom is -0.456 e. The lowest BCUT2D eigenvalue weighted by Gasteiger charge is -2.25. The number of hydrogen-bond donors (Lipinski definition) is 0. The summed E-state index contributed by atoms with van der Waals surface area (Å²) in [6.07, 6.45) is -21.8. The van der Waals surface area contributed by atoms with Crippen molar-refractivity contribution >= 4 is 175 Å². The van der Waals surface area contributed by atoms with Crippen LogP contribution in [0, 0.1) is 22.7 Å². The smallest absolute Gasteiger partial charge is 0.417 e. The van der Waals surface area contributed by atoms with Crippen LogP contribution in [0.2, 0.25) is 0 Å². The number of fused-ring (bicyclic) bond motifs is 28. The standard InChI is InChI=1S/C102H48F12N6O4/c103-99(104,105)69-21-13-22-70(100(106,107)108)89(69)91-77(117-73-25-7-1-15-55(73)61-39-41-84-87(93(61)117)67-20-6-12-30-83(67)121-84)43-51(49-115)44-78(91)118-74-26-8-2-16-56(74)62-40-42-85-88(94(62)118)68-34-32-54(48-86(68)122-85)53-31-33-58-64-36-38-66-60-19-5-11-29-82(60)124-98(66)96(64)120(76(58)47-53)80-46-52(50-116)45-79(92(80)90-71(101(109,110)111)23-14-24-72(90)102(112,113)114)119-75-27-9-3-17-57(75)63-35-37-65-59-18-4-10-28-81(59)123-97(65)95(63)119/h1-48H. The molecular formula is C102H48F12N6O4. The van der Waals surface area contributed by atoms with E-state index in [0.717, 1.165) is 6.07 Å². The maximum absolute atomic E-state index is 16.6. The van der Waals surface area contributed by atoms with Crippen LogP contribution in [0.4, 0.5) is 52.7 Å². The van der Waals surface area contributed by atoms with Crippen LogP contribution in [-0.4, -0.2) is 18.3 Å². The molecule has 0 N–H and O–H groups in total. The SMILES string of the molecule is N#Cc1cc(-n2c3ccccc3c3ccc4c5ccccc5oc4c32)c(-c2c(C(F)(F)F)cccc2C(F)(F)F)c(-n2c3cc(-c4ccc5c(c4)oc4ccc6c7ccccc7n(-c7cc(C#N)cc(-n8c9ccccc9c9ccc%10oc%11ccccc%11c%10c98)c7-c7c(C(F)(F)F)cccc7C(F)(F)F)c6c45)ccc3c3ccc4c5ccccc5oc4c32)c1. The zero-order valence-electron chi connectivity index (χ0n) is 63.6. The van der Waals surface area contributed by atoms with E-state index < -0.39 is 69.2 Å². The lowest BCUT2D eigenvalue weighted by atomic mass is 9.89. The topological polar surface area (TPSA) is 120 Å². The van der Waals surface area contributed by atoms with Crippen LogP contribution in [0.5, 0.6) is 0 Å². The number of alkyl halides is 12. The van der Waals surface area contributed by atoms with E-state index in [-0.39, 0.29) is 78.3 Å². The molecule has 0 aliphatic carbocycles. The lowest BCUT2D eigenvalue weighted by Crippen LogP contribution is -2.16. The van der Waals surface area contributed by atoms with E-state index in [2.05, 4.69) is 12.1 Å². The van der Waals surface area contributed by atoms with Crippen LogP contribution >= 0.6 is 0 Å². The molecule has 0 saturated heterocycles. The molecule has 16 aromatic carbocycles. The first kappa shape index (κ1) is 72.1. The Balaban J connectivity index is 0.797. The molecule has 594 valence electrons.